The highest BCUT2D eigenvalue weighted by Crippen LogP contribution is 2.16. The van der Waals surface area contributed by atoms with Crippen LogP contribution >= 0.6 is 0 Å². The van der Waals surface area contributed by atoms with Gasteiger partial charge in [0.25, 0.3) is 0 Å². The average molecular weight is 218 g/mol. The van der Waals surface area contributed by atoms with Crippen molar-refractivity contribution < 1.29 is 4.74 Å². The van der Waals surface area contributed by atoms with Crippen molar-refractivity contribution in [1.82, 2.24) is 24.9 Å². The van der Waals surface area contributed by atoms with Crippen LogP contribution < -0.4 is 10.1 Å². The second kappa shape index (κ2) is 4.47. The summed E-state index contributed by atoms with van der Waals surface area (Å²) in [5.41, 5.74) is 0.708. The van der Waals surface area contributed by atoms with E-state index in [1.165, 1.54) is 13.4 Å². The van der Waals surface area contributed by atoms with Crippen LogP contribution in [-0.4, -0.2) is 39.1 Å². The van der Waals surface area contributed by atoms with Crippen LogP contribution in [0.2, 0.25) is 0 Å². The van der Waals surface area contributed by atoms with E-state index in [1.807, 2.05) is 0 Å². The van der Waals surface area contributed by atoms with Crippen LogP contribution in [0.3, 0.4) is 0 Å². The standard InChI is InChI=1S/C9H10N6O/c1-10-8-13-7(14-9(15-8)16-2)6-3-11-5-12-4-6/h3-5H,1-2H3,(H,10,13,14,15). The Bertz CT molecular complexity index is 452. The fraction of sp³-hybridized carbons (Fsp3) is 0.222. The zero-order chi connectivity index (χ0) is 11.4. The van der Waals surface area contributed by atoms with Crippen molar-refractivity contribution in [1.29, 1.82) is 0 Å². The zero-order valence-electron chi connectivity index (χ0n) is 8.88. The maximum absolute atomic E-state index is 4.98. The second-order valence-corrected chi connectivity index (χ2v) is 2.85. The van der Waals surface area contributed by atoms with Gasteiger partial charge in [-0.05, 0) is 0 Å². The van der Waals surface area contributed by atoms with Crippen LogP contribution in [0.15, 0.2) is 18.7 Å². The summed E-state index contributed by atoms with van der Waals surface area (Å²) in [5.74, 6) is 0.905. The fourth-order valence-electron chi connectivity index (χ4n) is 1.10. The molecule has 16 heavy (non-hydrogen) atoms. The summed E-state index contributed by atoms with van der Waals surface area (Å²) in [6.07, 6.45) is 4.70. The molecule has 0 fully saturated rings. The Morgan fingerprint density at radius 1 is 1.12 bits per heavy atom. The van der Waals surface area contributed by atoms with E-state index in [-0.39, 0.29) is 6.01 Å². The van der Waals surface area contributed by atoms with Crippen molar-refractivity contribution in [2.75, 3.05) is 19.5 Å². The number of nitrogens with zero attached hydrogens (tertiary/aromatic N) is 5. The van der Waals surface area contributed by atoms with E-state index in [9.17, 15) is 0 Å². The molecule has 0 atom stereocenters. The maximum Gasteiger partial charge on any atom is 0.321 e. The van der Waals surface area contributed by atoms with Gasteiger partial charge in [-0.1, -0.05) is 0 Å². The van der Waals surface area contributed by atoms with Crippen LogP contribution in [0.5, 0.6) is 6.01 Å². The lowest BCUT2D eigenvalue weighted by Gasteiger charge is -2.04. The van der Waals surface area contributed by atoms with Gasteiger partial charge in [-0.3, -0.25) is 0 Å². The Hall–Kier alpha value is -2.31. The van der Waals surface area contributed by atoms with Gasteiger partial charge in [0.2, 0.25) is 5.95 Å². The van der Waals surface area contributed by atoms with Crippen molar-refractivity contribution in [2.24, 2.45) is 0 Å². The number of hydrogen-bond acceptors (Lipinski definition) is 7. The molecular formula is C9H10N6O. The Balaban J connectivity index is 2.48. The third-order valence-corrected chi connectivity index (χ3v) is 1.84. The summed E-state index contributed by atoms with van der Waals surface area (Å²) in [7, 11) is 3.22. The van der Waals surface area contributed by atoms with Crippen molar-refractivity contribution in [3.8, 4) is 17.4 Å². The van der Waals surface area contributed by atoms with Gasteiger partial charge >= 0.3 is 6.01 Å². The van der Waals surface area contributed by atoms with Crippen molar-refractivity contribution in [3.05, 3.63) is 18.7 Å². The number of anilines is 1. The van der Waals surface area contributed by atoms with Gasteiger partial charge in [-0.15, -0.1) is 0 Å². The molecule has 2 heterocycles. The predicted molar refractivity (Wildman–Crippen MR) is 57.0 cm³/mol. The van der Waals surface area contributed by atoms with Crippen LogP contribution in [0.4, 0.5) is 5.95 Å². The first-order valence-corrected chi connectivity index (χ1v) is 4.56. The topological polar surface area (TPSA) is 85.7 Å². The predicted octanol–water partition coefficient (Wildman–Crippen LogP) is 0.379. The van der Waals surface area contributed by atoms with E-state index in [1.54, 1.807) is 19.4 Å². The number of hydrogen-bond donors (Lipinski definition) is 1. The minimum absolute atomic E-state index is 0.248. The molecule has 2 rings (SSSR count). The maximum atomic E-state index is 4.98. The fourth-order valence-corrected chi connectivity index (χ4v) is 1.10. The largest absolute Gasteiger partial charge is 0.467 e. The summed E-state index contributed by atoms with van der Waals surface area (Å²) in [5, 5.41) is 2.83. The summed E-state index contributed by atoms with van der Waals surface area (Å²) in [4.78, 5) is 20.1. The van der Waals surface area contributed by atoms with E-state index in [0.717, 1.165) is 0 Å². The smallest absolute Gasteiger partial charge is 0.321 e. The lowest BCUT2D eigenvalue weighted by atomic mass is 10.3. The normalized spacial score (nSPS) is 9.88. The van der Waals surface area contributed by atoms with Gasteiger partial charge in [-0.2, -0.15) is 15.0 Å². The van der Waals surface area contributed by atoms with E-state index < -0.39 is 0 Å². The van der Waals surface area contributed by atoms with Crippen molar-refractivity contribution in [2.45, 2.75) is 0 Å². The first kappa shape index (κ1) is 10.2. The molecule has 2 aromatic heterocycles. The minimum Gasteiger partial charge on any atom is -0.467 e. The molecule has 0 radical (unpaired) electrons. The lowest BCUT2D eigenvalue weighted by molar-refractivity contribution is 0.379. The summed E-state index contributed by atoms with van der Waals surface area (Å²) < 4.78 is 4.98. The molecule has 0 aliphatic rings. The van der Waals surface area contributed by atoms with Gasteiger partial charge in [0.1, 0.15) is 6.33 Å². The Kier molecular flexibility index (Phi) is 2.86. The van der Waals surface area contributed by atoms with Crippen LogP contribution in [0.25, 0.3) is 11.4 Å². The van der Waals surface area contributed by atoms with E-state index >= 15 is 0 Å². The van der Waals surface area contributed by atoms with Crippen LogP contribution in [0.1, 0.15) is 0 Å². The van der Waals surface area contributed by atoms with Gasteiger partial charge in [-0.25, -0.2) is 9.97 Å². The third-order valence-electron chi connectivity index (χ3n) is 1.84. The molecule has 0 spiro atoms. The van der Waals surface area contributed by atoms with Gasteiger partial charge in [0, 0.05) is 19.4 Å². The first-order chi connectivity index (χ1) is 7.83. The van der Waals surface area contributed by atoms with Crippen LogP contribution in [-0.2, 0) is 0 Å². The molecule has 0 saturated carbocycles. The molecule has 82 valence electrons. The molecular weight excluding hydrogens is 208 g/mol. The molecule has 1 N–H and O–H groups in total. The molecule has 0 aliphatic heterocycles. The van der Waals surface area contributed by atoms with Gasteiger partial charge < -0.3 is 10.1 Å². The lowest BCUT2D eigenvalue weighted by Crippen LogP contribution is -2.03. The molecule has 7 nitrogen and oxygen atoms in total. The molecule has 0 aromatic carbocycles. The monoisotopic (exact) mass is 218 g/mol. The third kappa shape index (κ3) is 2.02. The number of nitrogens with one attached hydrogen (secondary N) is 1. The minimum atomic E-state index is 0.248. The molecule has 0 aliphatic carbocycles. The summed E-state index contributed by atoms with van der Waals surface area (Å²) in [6.45, 7) is 0. The first-order valence-electron chi connectivity index (χ1n) is 4.56. The Morgan fingerprint density at radius 3 is 2.50 bits per heavy atom. The highest BCUT2D eigenvalue weighted by Gasteiger charge is 2.07. The number of ether oxygens (including phenoxy) is 1. The SMILES string of the molecule is CNc1nc(OC)nc(-c2cncnc2)n1. The zero-order valence-corrected chi connectivity index (χ0v) is 8.88. The van der Waals surface area contributed by atoms with Crippen molar-refractivity contribution >= 4 is 5.95 Å². The Morgan fingerprint density at radius 2 is 1.88 bits per heavy atom. The summed E-state index contributed by atoms with van der Waals surface area (Å²) in [6, 6.07) is 0.248. The van der Waals surface area contributed by atoms with E-state index in [4.69, 9.17) is 4.74 Å². The molecule has 0 unspecified atom stereocenters. The summed E-state index contributed by atoms with van der Waals surface area (Å²) >= 11 is 0. The molecule has 0 amide bonds. The van der Waals surface area contributed by atoms with Gasteiger partial charge in [0.15, 0.2) is 5.82 Å². The van der Waals surface area contributed by atoms with E-state index in [0.29, 0.717) is 17.3 Å². The Labute approximate surface area is 92.0 Å². The van der Waals surface area contributed by atoms with E-state index in [2.05, 4.69) is 30.2 Å². The number of methoxy groups -OCH3 is 1. The molecule has 7 heteroatoms. The number of rotatable bonds is 3. The van der Waals surface area contributed by atoms with Crippen molar-refractivity contribution in [3.63, 3.8) is 0 Å². The molecule has 0 bridgehead atoms. The second-order valence-electron chi connectivity index (χ2n) is 2.85. The number of aromatic nitrogens is 5. The average Bonchev–Trinajstić information content (AvgIpc) is 2.39. The highest BCUT2D eigenvalue weighted by atomic mass is 16.5. The molecule has 2 aromatic rings. The highest BCUT2D eigenvalue weighted by molar-refractivity contribution is 5.53. The quantitative estimate of drug-likeness (QED) is 0.796. The molecule has 0 saturated heterocycles. The van der Waals surface area contributed by atoms with Crippen LogP contribution in [0, 0.1) is 0 Å². The van der Waals surface area contributed by atoms with Gasteiger partial charge in [0.05, 0.1) is 12.7 Å².